The number of hydrogen-bond donors (Lipinski definition) is 1. The average molecular weight is 511 g/mol. The van der Waals surface area contributed by atoms with E-state index in [2.05, 4.69) is 15.3 Å². The molecule has 0 radical (unpaired) electrons. The van der Waals surface area contributed by atoms with Crippen molar-refractivity contribution in [1.29, 1.82) is 0 Å². The molecule has 0 spiro atoms. The van der Waals surface area contributed by atoms with Gasteiger partial charge < -0.3 is 14.1 Å². The number of thiazole rings is 2. The Labute approximate surface area is 208 Å². The Balaban J connectivity index is 1.17. The number of furan rings is 1. The summed E-state index contributed by atoms with van der Waals surface area (Å²) in [6, 6.07) is 9.35. The number of piperidine rings is 1. The summed E-state index contributed by atoms with van der Waals surface area (Å²) in [4.78, 5) is 47.7. The number of likely N-dealkylation sites (tertiary alicyclic amines) is 1. The van der Waals surface area contributed by atoms with E-state index in [9.17, 15) is 14.4 Å². The smallest absolute Gasteiger partial charge is 0.357 e. The predicted octanol–water partition coefficient (Wildman–Crippen LogP) is 4.79. The van der Waals surface area contributed by atoms with Crippen LogP contribution in [0, 0.1) is 0 Å². The number of esters is 1. The Morgan fingerprint density at radius 3 is 2.66 bits per heavy atom. The van der Waals surface area contributed by atoms with E-state index in [-0.39, 0.29) is 30.0 Å². The Morgan fingerprint density at radius 1 is 1.11 bits per heavy atom. The fourth-order valence-electron chi connectivity index (χ4n) is 3.94. The van der Waals surface area contributed by atoms with Crippen molar-refractivity contribution in [2.75, 3.05) is 25.0 Å². The maximum atomic E-state index is 12.9. The highest BCUT2D eigenvalue weighted by Gasteiger charge is 2.28. The Kier molecular flexibility index (Phi) is 6.60. The van der Waals surface area contributed by atoms with Gasteiger partial charge in [0.1, 0.15) is 11.3 Å². The van der Waals surface area contributed by atoms with Crippen LogP contribution >= 0.6 is 22.7 Å². The van der Waals surface area contributed by atoms with Crippen LogP contribution in [-0.4, -0.2) is 52.3 Å². The second-order valence-electron chi connectivity index (χ2n) is 8.00. The lowest BCUT2D eigenvalue weighted by molar-refractivity contribution is 0.0520. The zero-order chi connectivity index (χ0) is 24.4. The number of ether oxygens (including phenoxy) is 1. The minimum atomic E-state index is -0.523. The number of anilines is 1. The van der Waals surface area contributed by atoms with Crippen molar-refractivity contribution >= 4 is 56.6 Å². The molecule has 3 aromatic heterocycles. The first kappa shape index (κ1) is 23.2. The number of aromatic nitrogens is 2. The first-order valence-corrected chi connectivity index (χ1v) is 12.9. The second kappa shape index (κ2) is 9.96. The van der Waals surface area contributed by atoms with Gasteiger partial charge in [-0.25, -0.2) is 14.8 Å². The third-order valence-electron chi connectivity index (χ3n) is 5.73. The molecule has 180 valence electrons. The van der Waals surface area contributed by atoms with Gasteiger partial charge in [0, 0.05) is 35.2 Å². The summed E-state index contributed by atoms with van der Waals surface area (Å²) in [5, 5.41) is 8.04. The number of hydrogen-bond acceptors (Lipinski definition) is 9. The maximum Gasteiger partial charge on any atom is 0.357 e. The highest BCUT2D eigenvalue weighted by atomic mass is 32.1. The maximum absolute atomic E-state index is 12.9. The number of rotatable bonds is 6. The highest BCUT2D eigenvalue weighted by molar-refractivity contribution is 7.14. The van der Waals surface area contributed by atoms with Crippen molar-refractivity contribution in [2.45, 2.75) is 25.7 Å². The van der Waals surface area contributed by atoms with Gasteiger partial charge in [-0.2, -0.15) is 0 Å². The summed E-state index contributed by atoms with van der Waals surface area (Å²) in [6.07, 6.45) is 1.52. The van der Waals surface area contributed by atoms with Crippen LogP contribution in [0.3, 0.4) is 0 Å². The van der Waals surface area contributed by atoms with E-state index in [1.807, 2.05) is 24.3 Å². The molecule has 0 aliphatic carbocycles. The van der Waals surface area contributed by atoms with E-state index in [0.717, 1.165) is 34.6 Å². The third-order valence-corrected chi connectivity index (χ3v) is 7.50. The number of para-hydroxylation sites is 1. The largest absolute Gasteiger partial charge is 0.461 e. The van der Waals surface area contributed by atoms with Crippen molar-refractivity contribution in [3.8, 4) is 0 Å². The molecule has 4 aromatic rings. The minimum Gasteiger partial charge on any atom is -0.461 e. The number of nitrogens with one attached hydrogen (secondary N) is 1. The molecule has 1 N–H and O–H groups in total. The van der Waals surface area contributed by atoms with E-state index in [1.54, 1.807) is 28.7 Å². The topological polar surface area (TPSA) is 115 Å². The van der Waals surface area contributed by atoms with Gasteiger partial charge in [0.25, 0.3) is 11.8 Å². The molecule has 5 rings (SSSR count). The molecule has 0 saturated carbocycles. The van der Waals surface area contributed by atoms with E-state index in [4.69, 9.17) is 9.15 Å². The quantitative estimate of drug-likeness (QED) is 0.371. The molecule has 0 bridgehead atoms. The molecule has 1 saturated heterocycles. The van der Waals surface area contributed by atoms with Crippen LogP contribution < -0.4 is 5.32 Å². The van der Waals surface area contributed by atoms with Gasteiger partial charge in [0.15, 0.2) is 16.6 Å². The molecule has 1 aliphatic rings. The van der Waals surface area contributed by atoms with Gasteiger partial charge in [0.05, 0.1) is 11.6 Å². The number of carbonyl (C=O) groups is 3. The van der Waals surface area contributed by atoms with Crippen molar-refractivity contribution < 1.29 is 23.5 Å². The van der Waals surface area contributed by atoms with Crippen LogP contribution in [0.4, 0.5) is 5.13 Å². The molecule has 0 atom stereocenters. The zero-order valence-corrected chi connectivity index (χ0v) is 20.5. The summed E-state index contributed by atoms with van der Waals surface area (Å²) in [5.41, 5.74) is 1.17. The molecule has 1 aliphatic heterocycles. The van der Waals surface area contributed by atoms with Crippen LogP contribution in [-0.2, 0) is 4.74 Å². The Hall–Kier alpha value is -3.57. The van der Waals surface area contributed by atoms with Crippen LogP contribution in [0.1, 0.15) is 62.2 Å². The molecule has 11 heteroatoms. The van der Waals surface area contributed by atoms with Gasteiger partial charge in [-0.05, 0) is 31.9 Å². The summed E-state index contributed by atoms with van der Waals surface area (Å²) >= 11 is 2.59. The second-order valence-corrected chi connectivity index (χ2v) is 9.75. The third kappa shape index (κ3) is 4.96. The lowest BCUT2D eigenvalue weighted by Gasteiger charge is -2.30. The van der Waals surface area contributed by atoms with Crippen LogP contribution in [0.2, 0.25) is 0 Å². The number of benzene rings is 1. The van der Waals surface area contributed by atoms with Crippen molar-refractivity contribution in [2.24, 2.45) is 0 Å². The summed E-state index contributed by atoms with van der Waals surface area (Å²) < 4.78 is 10.6. The monoisotopic (exact) mass is 510 g/mol. The van der Waals surface area contributed by atoms with Gasteiger partial charge in [-0.3, -0.25) is 14.9 Å². The van der Waals surface area contributed by atoms with Crippen LogP contribution in [0.5, 0.6) is 0 Å². The lowest BCUT2D eigenvalue weighted by atomic mass is 9.97. The van der Waals surface area contributed by atoms with Crippen LogP contribution in [0.15, 0.2) is 45.5 Å². The molecule has 4 heterocycles. The number of fused-ring (bicyclic) bond motifs is 1. The molecule has 0 unspecified atom stereocenters. The lowest BCUT2D eigenvalue weighted by Crippen LogP contribution is -2.37. The van der Waals surface area contributed by atoms with E-state index in [1.165, 1.54) is 11.3 Å². The van der Waals surface area contributed by atoms with Crippen molar-refractivity contribution in [1.82, 2.24) is 14.9 Å². The zero-order valence-electron chi connectivity index (χ0n) is 18.9. The summed E-state index contributed by atoms with van der Waals surface area (Å²) in [5.74, 6) is -0.479. The van der Waals surface area contributed by atoms with Gasteiger partial charge in [-0.15, -0.1) is 22.7 Å². The van der Waals surface area contributed by atoms with Gasteiger partial charge in [0.2, 0.25) is 0 Å². The van der Waals surface area contributed by atoms with E-state index >= 15 is 0 Å². The number of amides is 2. The molecule has 2 amide bonds. The normalized spacial score (nSPS) is 14.3. The number of carbonyl (C=O) groups excluding carboxylic acids is 3. The van der Waals surface area contributed by atoms with Gasteiger partial charge in [-0.1, -0.05) is 18.2 Å². The average Bonchev–Trinajstić information content (AvgIpc) is 3.63. The van der Waals surface area contributed by atoms with Crippen molar-refractivity contribution in [3.63, 3.8) is 0 Å². The fourth-order valence-corrected chi connectivity index (χ4v) is 5.59. The van der Waals surface area contributed by atoms with Crippen molar-refractivity contribution in [3.05, 3.63) is 63.2 Å². The Bertz CT molecular complexity index is 1350. The summed E-state index contributed by atoms with van der Waals surface area (Å²) in [6.45, 7) is 3.16. The SMILES string of the molecule is CCOC(=O)c1csc(NC(=O)c2csc(C3CCN(C(=O)c4cc5ccccc5o4)CC3)n2)n1. The minimum absolute atomic E-state index is 0.107. The fraction of sp³-hybridized carbons (Fsp3) is 0.292. The van der Waals surface area contributed by atoms with E-state index < -0.39 is 5.97 Å². The molecule has 9 nitrogen and oxygen atoms in total. The molecule has 1 fully saturated rings. The standard InChI is InChI=1S/C24H22N4O5S2/c1-2-32-23(31)17-13-35-24(26-17)27-20(29)16-12-34-21(25-16)14-7-9-28(10-8-14)22(30)19-11-15-5-3-4-6-18(15)33-19/h3-6,11-14H,2,7-10H2,1H3,(H,26,27,29). The molecule has 1 aromatic carbocycles. The highest BCUT2D eigenvalue weighted by Crippen LogP contribution is 2.31. The first-order valence-electron chi connectivity index (χ1n) is 11.2. The molecular formula is C24H22N4O5S2. The van der Waals surface area contributed by atoms with Gasteiger partial charge >= 0.3 is 5.97 Å². The first-order chi connectivity index (χ1) is 17.0. The molecular weight excluding hydrogens is 488 g/mol. The molecule has 35 heavy (non-hydrogen) atoms. The predicted molar refractivity (Wildman–Crippen MR) is 132 cm³/mol. The summed E-state index contributed by atoms with van der Waals surface area (Å²) in [7, 11) is 0. The number of nitrogens with zero attached hydrogens (tertiary/aromatic N) is 3. The Morgan fingerprint density at radius 2 is 1.89 bits per heavy atom. The van der Waals surface area contributed by atoms with Crippen LogP contribution in [0.25, 0.3) is 11.0 Å². The van der Waals surface area contributed by atoms with E-state index in [0.29, 0.717) is 35.3 Å².